The molecule has 0 saturated heterocycles. The summed E-state index contributed by atoms with van der Waals surface area (Å²) in [5.74, 6) is -0.283. The van der Waals surface area contributed by atoms with E-state index in [1.54, 1.807) is 24.3 Å². The number of nitrogens with zero attached hydrogens (tertiary/aromatic N) is 2. The molecule has 0 unspecified atom stereocenters. The fourth-order valence-electron chi connectivity index (χ4n) is 1.45. The molecule has 90 valence electrons. The number of hydrogen-bond donors (Lipinski definition) is 0. The highest BCUT2D eigenvalue weighted by Crippen LogP contribution is 2.28. The van der Waals surface area contributed by atoms with Gasteiger partial charge in [0.05, 0.1) is 22.4 Å². The van der Waals surface area contributed by atoms with E-state index in [-0.39, 0.29) is 5.97 Å². The van der Waals surface area contributed by atoms with Gasteiger partial charge in [0.2, 0.25) is 0 Å². The van der Waals surface area contributed by atoms with E-state index in [2.05, 4.69) is 4.98 Å². The molecule has 0 fully saturated rings. The van der Waals surface area contributed by atoms with E-state index in [0.29, 0.717) is 12.2 Å². The van der Waals surface area contributed by atoms with Crippen molar-refractivity contribution in [2.24, 2.45) is 0 Å². The van der Waals surface area contributed by atoms with Crippen molar-refractivity contribution >= 4 is 32.7 Å². The first kappa shape index (κ1) is 11.9. The molecule has 2 aromatic rings. The van der Waals surface area contributed by atoms with Crippen LogP contribution in [-0.4, -0.2) is 31.7 Å². The Kier molecular flexibility index (Phi) is 3.28. The number of carbonyl (C=O) groups excluding carboxylic acids is 1. The highest BCUT2D eigenvalue weighted by molar-refractivity contribution is 7.22. The van der Waals surface area contributed by atoms with Crippen LogP contribution in [0.25, 0.3) is 10.2 Å². The molecule has 1 heterocycles. The second-order valence-corrected chi connectivity index (χ2v) is 4.80. The highest BCUT2D eigenvalue weighted by atomic mass is 32.1. The summed E-state index contributed by atoms with van der Waals surface area (Å²) in [6, 6.07) is 5.43. The molecule has 0 N–H and O–H groups in total. The number of benzene rings is 1. The van der Waals surface area contributed by atoms with Crippen molar-refractivity contribution in [1.29, 1.82) is 0 Å². The first-order valence-corrected chi connectivity index (χ1v) is 6.18. The van der Waals surface area contributed by atoms with Gasteiger partial charge in [-0.2, -0.15) is 0 Å². The minimum Gasteiger partial charge on any atom is -0.462 e. The first-order valence-electron chi connectivity index (χ1n) is 5.37. The van der Waals surface area contributed by atoms with Crippen molar-refractivity contribution < 1.29 is 9.53 Å². The number of fused-ring (bicyclic) bond motifs is 1. The van der Waals surface area contributed by atoms with Crippen LogP contribution in [0.4, 0.5) is 5.13 Å². The quantitative estimate of drug-likeness (QED) is 0.785. The largest absolute Gasteiger partial charge is 0.462 e. The molecule has 0 saturated carbocycles. The van der Waals surface area contributed by atoms with Crippen molar-refractivity contribution in [1.82, 2.24) is 4.98 Å². The summed E-state index contributed by atoms with van der Waals surface area (Å²) in [4.78, 5) is 18.0. The van der Waals surface area contributed by atoms with Crippen LogP contribution >= 0.6 is 11.3 Å². The van der Waals surface area contributed by atoms with Gasteiger partial charge in [0.15, 0.2) is 5.13 Å². The summed E-state index contributed by atoms with van der Waals surface area (Å²) in [6.45, 7) is 2.19. The summed E-state index contributed by atoms with van der Waals surface area (Å²) in [5.41, 5.74) is 1.49. The number of hydrogen-bond acceptors (Lipinski definition) is 5. The summed E-state index contributed by atoms with van der Waals surface area (Å²) in [6.07, 6.45) is 0. The summed E-state index contributed by atoms with van der Waals surface area (Å²) < 4.78 is 5.97. The van der Waals surface area contributed by atoms with Gasteiger partial charge < -0.3 is 9.64 Å². The minimum absolute atomic E-state index is 0.283. The zero-order valence-electron chi connectivity index (χ0n) is 10.1. The Hall–Kier alpha value is -1.62. The standard InChI is InChI=1S/C12H14N2O2S/c1-4-16-11(15)8-5-6-9-10(7-8)17-12(13-9)14(2)3/h5-7H,4H2,1-3H3. The van der Waals surface area contributed by atoms with Gasteiger partial charge in [0, 0.05) is 14.1 Å². The van der Waals surface area contributed by atoms with Gasteiger partial charge in [-0.3, -0.25) is 0 Å². The van der Waals surface area contributed by atoms with E-state index in [4.69, 9.17) is 4.74 Å². The van der Waals surface area contributed by atoms with E-state index in [1.165, 1.54) is 0 Å². The monoisotopic (exact) mass is 250 g/mol. The van der Waals surface area contributed by atoms with Crippen molar-refractivity contribution in [3.63, 3.8) is 0 Å². The van der Waals surface area contributed by atoms with E-state index in [9.17, 15) is 4.79 Å². The Bertz CT molecular complexity index is 548. The van der Waals surface area contributed by atoms with Crippen LogP contribution in [0.2, 0.25) is 0 Å². The van der Waals surface area contributed by atoms with Crippen LogP contribution < -0.4 is 4.90 Å². The molecule has 17 heavy (non-hydrogen) atoms. The second-order valence-electron chi connectivity index (χ2n) is 3.79. The molecule has 0 aliphatic carbocycles. The summed E-state index contributed by atoms with van der Waals surface area (Å²) >= 11 is 1.56. The molecule has 1 aromatic heterocycles. The van der Waals surface area contributed by atoms with Gasteiger partial charge in [0.25, 0.3) is 0 Å². The molecule has 1 aromatic carbocycles. The Morgan fingerprint density at radius 1 is 1.47 bits per heavy atom. The molecule has 5 heteroatoms. The minimum atomic E-state index is -0.283. The van der Waals surface area contributed by atoms with Crippen LogP contribution in [0.15, 0.2) is 18.2 Å². The van der Waals surface area contributed by atoms with Crippen molar-refractivity contribution in [3.05, 3.63) is 23.8 Å². The summed E-state index contributed by atoms with van der Waals surface area (Å²) in [5, 5.41) is 0.931. The van der Waals surface area contributed by atoms with E-state index >= 15 is 0 Å². The lowest BCUT2D eigenvalue weighted by Crippen LogP contribution is -2.07. The topological polar surface area (TPSA) is 42.4 Å². The molecular weight excluding hydrogens is 236 g/mol. The fourth-order valence-corrected chi connectivity index (χ4v) is 2.37. The normalized spacial score (nSPS) is 10.5. The van der Waals surface area contributed by atoms with E-state index in [1.807, 2.05) is 31.1 Å². The molecule has 0 aliphatic heterocycles. The molecule has 0 atom stereocenters. The number of rotatable bonds is 3. The molecule has 0 radical (unpaired) electrons. The second kappa shape index (κ2) is 4.71. The van der Waals surface area contributed by atoms with E-state index in [0.717, 1.165) is 15.3 Å². The third-order valence-electron chi connectivity index (χ3n) is 2.27. The van der Waals surface area contributed by atoms with Crippen molar-refractivity contribution in [2.75, 3.05) is 25.6 Å². The van der Waals surface area contributed by atoms with Crippen LogP contribution in [0.3, 0.4) is 0 Å². The Labute approximate surface area is 104 Å². The maximum absolute atomic E-state index is 11.6. The number of ether oxygens (including phenoxy) is 1. The maximum atomic E-state index is 11.6. The molecular formula is C12H14N2O2S. The number of esters is 1. The van der Waals surface area contributed by atoms with Crippen LogP contribution in [-0.2, 0) is 4.74 Å². The Morgan fingerprint density at radius 3 is 2.88 bits per heavy atom. The van der Waals surface area contributed by atoms with Gasteiger partial charge in [0.1, 0.15) is 0 Å². The fraction of sp³-hybridized carbons (Fsp3) is 0.333. The van der Waals surface area contributed by atoms with Crippen LogP contribution in [0, 0.1) is 0 Å². The number of thiazole rings is 1. The summed E-state index contributed by atoms with van der Waals surface area (Å²) in [7, 11) is 3.90. The molecule has 0 amide bonds. The predicted molar refractivity (Wildman–Crippen MR) is 69.9 cm³/mol. The average Bonchev–Trinajstić information content (AvgIpc) is 2.71. The van der Waals surface area contributed by atoms with Crippen molar-refractivity contribution in [2.45, 2.75) is 6.92 Å². The molecule has 0 aliphatic rings. The van der Waals surface area contributed by atoms with Gasteiger partial charge in [-0.05, 0) is 25.1 Å². The Balaban J connectivity index is 2.40. The number of anilines is 1. The van der Waals surface area contributed by atoms with Crippen molar-refractivity contribution in [3.8, 4) is 0 Å². The van der Waals surface area contributed by atoms with E-state index < -0.39 is 0 Å². The van der Waals surface area contributed by atoms with Crippen LogP contribution in [0.1, 0.15) is 17.3 Å². The number of aromatic nitrogens is 1. The molecule has 0 spiro atoms. The number of carbonyl (C=O) groups is 1. The molecule has 2 rings (SSSR count). The lowest BCUT2D eigenvalue weighted by Gasteiger charge is -2.04. The lowest BCUT2D eigenvalue weighted by molar-refractivity contribution is 0.0526. The molecule has 4 nitrogen and oxygen atoms in total. The smallest absolute Gasteiger partial charge is 0.338 e. The SMILES string of the molecule is CCOC(=O)c1ccc2nc(N(C)C)sc2c1. The first-order chi connectivity index (χ1) is 8.11. The highest BCUT2D eigenvalue weighted by Gasteiger charge is 2.10. The third-order valence-corrected chi connectivity index (χ3v) is 3.46. The zero-order chi connectivity index (χ0) is 12.4. The third kappa shape index (κ3) is 2.39. The zero-order valence-corrected chi connectivity index (χ0v) is 10.9. The van der Waals surface area contributed by atoms with Gasteiger partial charge in [-0.1, -0.05) is 11.3 Å². The maximum Gasteiger partial charge on any atom is 0.338 e. The van der Waals surface area contributed by atoms with Gasteiger partial charge in [-0.25, -0.2) is 9.78 Å². The predicted octanol–water partition coefficient (Wildman–Crippen LogP) is 2.54. The molecule has 0 bridgehead atoms. The van der Waals surface area contributed by atoms with Gasteiger partial charge >= 0.3 is 5.97 Å². The average molecular weight is 250 g/mol. The van der Waals surface area contributed by atoms with Gasteiger partial charge in [-0.15, -0.1) is 0 Å². The van der Waals surface area contributed by atoms with Crippen LogP contribution in [0.5, 0.6) is 0 Å². The Morgan fingerprint density at radius 2 is 2.24 bits per heavy atom. The lowest BCUT2D eigenvalue weighted by atomic mass is 10.2.